The van der Waals surface area contributed by atoms with E-state index in [9.17, 15) is 0 Å². The number of nitrogens with one attached hydrogen (secondary N) is 1. The molecule has 20 heavy (non-hydrogen) atoms. The summed E-state index contributed by atoms with van der Waals surface area (Å²) in [5.74, 6) is 0.724. The number of rotatable bonds is 7. The molecule has 2 rings (SSSR count). The van der Waals surface area contributed by atoms with Gasteiger partial charge in [-0.15, -0.1) is 11.3 Å². The first kappa shape index (κ1) is 15.5. The van der Waals surface area contributed by atoms with E-state index in [1.165, 1.54) is 16.1 Å². The summed E-state index contributed by atoms with van der Waals surface area (Å²) in [6, 6.07) is 8.41. The van der Waals surface area contributed by atoms with Crippen molar-refractivity contribution in [3.8, 4) is 0 Å². The van der Waals surface area contributed by atoms with E-state index in [1.54, 1.807) is 0 Å². The topological polar surface area (TPSA) is 24.9 Å². The van der Waals surface area contributed by atoms with Crippen LogP contribution in [-0.2, 0) is 6.42 Å². The van der Waals surface area contributed by atoms with E-state index in [2.05, 4.69) is 57.3 Å². The summed E-state index contributed by atoms with van der Waals surface area (Å²) in [5.41, 5.74) is 1.44. The Morgan fingerprint density at radius 2 is 2.00 bits per heavy atom. The van der Waals surface area contributed by atoms with Crippen LogP contribution in [0.5, 0.6) is 0 Å². The van der Waals surface area contributed by atoms with Gasteiger partial charge in [0.15, 0.2) is 0 Å². The van der Waals surface area contributed by atoms with Gasteiger partial charge >= 0.3 is 0 Å². The van der Waals surface area contributed by atoms with Crippen LogP contribution in [-0.4, -0.2) is 18.1 Å². The number of hydrogen-bond donors (Lipinski definition) is 1. The molecule has 0 radical (unpaired) electrons. The summed E-state index contributed by atoms with van der Waals surface area (Å²) in [4.78, 5) is 4.75. The van der Waals surface area contributed by atoms with Gasteiger partial charge in [0.05, 0.1) is 15.2 Å². The molecule has 110 valence electrons. The molecule has 2 nitrogen and oxygen atoms in total. The lowest BCUT2D eigenvalue weighted by atomic mass is 9.86. The van der Waals surface area contributed by atoms with Crippen LogP contribution >= 0.6 is 11.3 Å². The maximum Gasteiger partial charge on any atom is 0.0943 e. The van der Waals surface area contributed by atoms with Crippen LogP contribution in [0.15, 0.2) is 24.3 Å². The van der Waals surface area contributed by atoms with Crippen molar-refractivity contribution in [2.24, 2.45) is 11.3 Å². The van der Waals surface area contributed by atoms with Crippen LogP contribution in [0.2, 0.25) is 0 Å². The normalized spacial score (nSPS) is 12.4. The molecule has 0 aliphatic rings. The van der Waals surface area contributed by atoms with Gasteiger partial charge in [0.2, 0.25) is 0 Å². The molecule has 0 aliphatic carbocycles. The van der Waals surface area contributed by atoms with Crippen LogP contribution in [0, 0.1) is 11.3 Å². The van der Waals surface area contributed by atoms with Gasteiger partial charge in [-0.2, -0.15) is 0 Å². The monoisotopic (exact) mass is 290 g/mol. The maximum atomic E-state index is 4.75. The fraction of sp³-hybridized carbons (Fsp3) is 0.588. The molecule has 0 saturated heterocycles. The molecule has 0 bridgehead atoms. The SMILES string of the molecule is CC(C)CNCCC(C)(C)Cc1nc2ccccc2s1. The second kappa shape index (κ2) is 6.68. The Labute approximate surface area is 126 Å². The molecule has 1 N–H and O–H groups in total. The van der Waals surface area contributed by atoms with Crippen molar-refractivity contribution in [1.82, 2.24) is 10.3 Å². The van der Waals surface area contributed by atoms with E-state index in [0.29, 0.717) is 5.41 Å². The highest BCUT2D eigenvalue weighted by molar-refractivity contribution is 7.18. The van der Waals surface area contributed by atoms with Gasteiger partial charge in [0.1, 0.15) is 0 Å². The third-order valence-electron chi connectivity index (χ3n) is 3.50. The van der Waals surface area contributed by atoms with Crippen molar-refractivity contribution < 1.29 is 0 Å². The second-order valence-electron chi connectivity index (χ2n) is 6.76. The van der Waals surface area contributed by atoms with Crippen LogP contribution in [0.25, 0.3) is 10.2 Å². The van der Waals surface area contributed by atoms with E-state index >= 15 is 0 Å². The number of aromatic nitrogens is 1. The number of benzene rings is 1. The summed E-state index contributed by atoms with van der Waals surface area (Å²) < 4.78 is 1.30. The first-order chi connectivity index (χ1) is 9.46. The predicted molar refractivity (Wildman–Crippen MR) is 89.4 cm³/mol. The molecule has 2 aromatic rings. The zero-order valence-electron chi connectivity index (χ0n) is 13.1. The fourth-order valence-electron chi connectivity index (χ4n) is 2.31. The maximum absolute atomic E-state index is 4.75. The molecule has 0 spiro atoms. The highest BCUT2D eigenvalue weighted by Gasteiger charge is 2.20. The van der Waals surface area contributed by atoms with E-state index in [4.69, 9.17) is 4.98 Å². The molecular weight excluding hydrogens is 264 g/mol. The average Bonchev–Trinajstić information content (AvgIpc) is 2.75. The minimum absolute atomic E-state index is 0.303. The highest BCUT2D eigenvalue weighted by atomic mass is 32.1. The molecule has 0 amide bonds. The highest BCUT2D eigenvalue weighted by Crippen LogP contribution is 2.30. The molecule has 0 fully saturated rings. The van der Waals surface area contributed by atoms with Crippen molar-refractivity contribution in [2.75, 3.05) is 13.1 Å². The van der Waals surface area contributed by atoms with Gasteiger partial charge in [-0.25, -0.2) is 4.98 Å². The van der Waals surface area contributed by atoms with Gasteiger partial charge in [-0.05, 0) is 43.0 Å². The largest absolute Gasteiger partial charge is 0.316 e. The zero-order chi connectivity index (χ0) is 14.6. The first-order valence-electron chi connectivity index (χ1n) is 7.51. The van der Waals surface area contributed by atoms with Crippen molar-refractivity contribution in [3.63, 3.8) is 0 Å². The quantitative estimate of drug-likeness (QED) is 0.759. The predicted octanol–water partition coefficient (Wildman–Crippen LogP) is 4.50. The summed E-state index contributed by atoms with van der Waals surface area (Å²) in [6.45, 7) is 11.4. The Kier molecular flexibility index (Phi) is 5.17. The Morgan fingerprint density at radius 3 is 2.70 bits per heavy atom. The van der Waals surface area contributed by atoms with Crippen LogP contribution in [0.4, 0.5) is 0 Å². The lowest BCUT2D eigenvalue weighted by Crippen LogP contribution is -2.26. The third kappa shape index (κ3) is 4.57. The van der Waals surface area contributed by atoms with Gasteiger partial charge < -0.3 is 5.32 Å². The van der Waals surface area contributed by atoms with E-state index < -0.39 is 0 Å². The molecule has 3 heteroatoms. The molecule has 0 unspecified atom stereocenters. The summed E-state index contributed by atoms with van der Waals surface area (Å²) >= 11 is 1.84. The van der Waals surface area contributed by atoms with Crippen LogP contribution in [0.1, 0.15) is 39.1 Å². The van der Waals surface area contributed by atoms with Crippen molar-refractivity contribution in [1.29, 1.82) is 0 Å². The molecule has 0 aliphatic heterocycles. The standard InChI is InChI=1S/C17H26N2S/c1-13(2)12-18-10-9-17(3,4)11-16-19-14-7-5-6-8-15(14)20-16/h5-8,13,18H,9-12H2,1-4H3. The summed E-state index contributed by atoms with van der Waals surface area (Å²) in [6.07, 6.45) is 2.26. The van der Waals surface area contributed by atoms with Crippen LogP contribution in [0.3, 0.4) is 0 Å². The Morgan fingerprint density at radius 1 is 1.25 bits per heavy atom. The van der Waals surface area contributed by atoms with Crippen molar-refractivity contribution >= 4 is 21.6 Å². The van der Waals surface area contributed by atoms with Gasteiger partial charge in [-0.3, -0.25) is 0 Å². The summed E-state index contributed by atoms with van der Waals surface area (Å²) in [5, 5.41) is 4.80. The summed E-state index contributed by atoms with van der Waals surface area (Å²) in [7, 11) is 0. The molecular formula is C17H26N2S. The lowest BCUT2D eigenvalue weighted by molar-refractivity contribution is 0.322. The smallest absolute Gasteiger partial charge is 0.0943 e. The Balaban J connectivity index is 1.90. The zero-order valence-corrected chi connectivity index (χ0v) is 13.9. The molecule has 1 heterocycles. The molecule has 0 atom stereocenters. The Bertz CT molecular complexity index is 510. The number of fused-ring (bicyclic) bond motifs is 1. The van der Waals surface area contributed by atoms with Crippen LogP contribution < -0.4 is 5.32 Å². The van der Waals surface area contributed by atoms with Gasteiger partial charge in [0, 0.05) is 6.42 Å². The second-order valence-corrected chi connectivity index (χ2v) is 7.88. The van der Waals surface area contributed by atoms with E-state index in [1.807, 2.05) is 11.3 Å². The Hall–Kier alpha value is -0.930. The number of para-hydroxylation sites is 1. The fourth-order valence-corrected chi connectivity index (χ4v) is 3.54. The van der Waals surface area contributed by atoms with E-state index in [0.717, 1.165) is 30.9 Å². The van der Waals surface area contributed by atoms with Gasteiger partial charge in [-0.1, -0.05) is 39.8 Å². The lowest BCUT2D eigenvalue weighted by Gasteiger charge is -2.23. The third-order valence-corrected chi connectivity index (χ3v) is 4.54. The molecule has 0 saturated carbocycles. The number of thiazole rings is 1. The molecule has 1 aromatic heterocycles. The first-order valence-corrected chi connectivity index (χ1v) is 8.33. The minimum atomic E-state index is 0.303. The number of hydrogen-bond acceptors (Lipinski definition) is 3. The number of nitrogens with zero attached hydrogens (tertiary/aromatic N) is 1. The van der Waals surface area contributed by atoms with E-state index in [-0.39, 0.29) is 0 Å². The average molecular weight is 290 g/mol. The van der Waals surface area contributed by atoms with Crippen molar-refractivity contribution in [2.45, 2.75) is 40.5 Å². The molecule has 1 aromatic carbocycles. The van der Waals surface area contributed by atoms with Gasteiger partial charge in [0.25, 0.3) is 0 Å². The van der Waals surface area contributed by atoms with Crippen molar-refractivity contribution in [3.05, 3.63) is 29.3 Å². The minimum Gasteiger partial charge on any atom is -0.316 e.